The van der Waals surface area contributed by atoms with Gasteiger partial charge in [0.25, 0.3) is 0 Å². The second kappa shape index (κ2) is 7.93. The number of phenols is 1. The molecule has 0 radical (unpaired) electrons. The van der Waals surface area contributed by atoms with E-state index in [9.17, 15) is 13.5 Å². The minimum absolute atomic E-state index is 0.0611. The van der Waals surface area contributed by atoms with Crippen molar-refractivity contribution in [3.8, 4) is 5.75 Å². The molecule has 3 N–H and O–H groups in total. The molecule has 3 aromatic rings. The molecule has 0 aromatic heterocycles. The average molecular weight is 422 g/mol. The molecule has 0 saturated heterocycles. The predicted molar refractivity (Wildman–Crippen MR) is 118 cm³/mol. The molecule has 4 rings (SSSR count). The lowest BCUT2D eigenvalue weighted by Gasteiger charge is -2.24. The number of benzene rings is 3. The van der Waals surface area contributed by atoms with E-state index in [-0.39, 0.29) is 16.7 Å². The average Bonchev–Trinajstić information content (AvgIpc) is 3.19. The second-order valence-electron chi connectivity index (χ2n) is 7.29. The third-order valence-electron chi connectivity index (χ3n) is 5.31. The molecule has 1 aliphatic rings. The number of sulfonamides is 1. The van der Waals surface area contributed by atoms with E-state index >= 15 is 0 Å². The lowest BCUT2D eigenvalue weighted by atomic mass is 9.97. The van der Waals surface area contributed by atoms with Gasteiger partial charge in [-0.3, -0.25) is 5.01 Å². The monoisotopic (exact) mass is 421 g/mol. The van der Waals surface area contributed by atoms with Crippen molar-refractivity contribution < 1.29 is 13.5 Å². The molecule has 0 fully saturated rings. The number of hydrogen-bond acceptors (Lipinski definition) is 5. The number of hydrogen-bond donors (Lipinski definition) is 2. The molecule has 6 nitrogen and oxygen atoms in total. The van der Waals surface area contributed by atoms with Crippen LogP contribution in [0.2, 0.25) is 0 Å². The molecule has 3 aromatic carbocycles. The number of nitrogens with zero attached hydrogens (tertiary/aromatic N) is 2. The number of anilines is 1. The predicted octanol–water partition coefficient (Wildman–Crippen LogP) is 3.96. The fraction of sp³-hybridized carbons (Fsp3) is 0.174. The first-order valence-electron chi connectivity index (χ1n) is 9.73. The van der Waals surface area contributed by atoms with Gasteiger partial charge in [-0.1, -0.05) is 43.3 Å². The normalized spacial score (nSPS) is 16.5. The highest BCUT2D eigenvalue weighted by molar-refractivity contribution is 7.89. The highest BCUT2D eigenvalue weighted by atomic mass is 32.2. The van der Waals surface area contributed by atoms with E-state index in [1.165, 1.54) is 17.7 Å². The van der Waals surface area contributed by atoms with Crippen LogP contribution in [0.3, 0.4) is 0 Å². The molecule has 154 valence electrons. The smallest absolute Gasteiger partial charge is 0.238 e. The number of aromatic hydroxyl groups is 1. The van der Waals surface area contributed by atoms with E-state index in [2.05, 4.69) is 31.2 Å². The Morgan fingerprint density at radius 3 is 2.20 bits per heavy atom. The van der Waals surface area contributed by atoms with Crippen LogP contribution in [-0.2, 0) is 16.4 Å². The Labute approximate surface area is 176 Å². The Morgan fingerprint density at radius 1 is 1.00 bits per heavy atom. The summed E-state index contributed by atoms with van der Waals surface area (Å²) in [7, 11) is -3.76. The number of hydrazone groups is 1. The molecule has 1 aliphatic heterocycles. The van der Waals surface area contributed by atoms with Gasteiger partial charge in [-0.2, -0.15) is 5.10 Å². The summed E-state index contributed by atoms with van der Waals surface area (Å²) < 4.78 is 23.2. The topological polar surface area (TPSA) is 96.0 Å². The largest absolute Gasteiger partial charge is 0.508 e. The number of nitrogens with two attached hydrogens (primary N) is 1. The van der Waals surface area contributed by atoms with Gasteiger partial charge in [0.05, 0.1) is 22.3 Å². The summed E-state index contributed by atoms with van der Waals surface area (Å²) in [6.45, 7) is 2.12. The first-order chi connectivity index (χ1) is 14.3. The van der Waals surface area contributed by atoms with Crippen molar-refractivity contribution in [2.24, 2.45) is 10.2 Å². The molecule has 7 heteroatoms. The minimum Gasteiger partial charge on any atom is -0.508 e. The minimum atomic E-state index is -3.76. The standard InChI is InChI=1S/C23H23N3O3S/c1-2-16-3-5-17(6-4-16)22-15-23(18-7-11-20(27)12-8-18)26(25-22)19-9-13-21(14-10-19)30(24,28)29/h3-14,23,27H,2,15H2,1H3,(H2,24,28,29). The fourth-order valence-electron chi connectivity index (χ4n) is 3.60. The molecule has 1 unspecified atom stereocenters. The SMILES string of the molecule is CCc1ccc(C2=NN(c3ccc(S(N)(=O)=O)cc3)C(c3ccc(O)cc3)C2)cc1. The number of rotatable bonds is 5. The number of primary sulfonamides is 1. The van der Waals surface area contributed by atoms with Crippen molar-refractivity contribution >= 4 is 21.4 Å². The van der Waals surface area contributed by atoms with Crippen molar-refractivity contribution in [2.75, 3.05) is 5.01 Å². The van der Waals surface area contributed by atoms with E-state index in [4.69, 9.17) is 10.2 Å². The maximum Gasteiger partial charge on any atom is 0.238 e. The van der Waals surface area contributed by atoms with Crippen LogP contribution >= 0.6 is 0 Å². The van der Waals surface area contributed by atoms with E-state index in [1.807, 2.05) is 17.1 Å². The summed E-state index contributed by atoms with van der Waals surface area (Å²) in [5.41, 5.74) is 5.04. The van der Waals surface area contributed by atoms with Crippen LogP contribution in [0.1, 0.15) is 36.1 Å². The zero-order valence-corrected chi connectivity index (χ0v) is 17.4. The Morgan fingerprint density at radius 2 is 1.63 bits per heavy atom. The number of phenolic OH excluding ortho intramolecular Hbond substituents is 1. The molecule has 0 spiro atoms. The van der Waals surface area contributed by atoms with Gasteiger partial charge in [0.1, 0.15) is 5.75 Å². The Kier molecular flexibility index (Phi) is 5.32. The van der Waals surface area contributed by atoms with Crippen LogP contribution in [0.15, 0.2) is 82.8 Å². The summed E-state index contributed by atoms with van der Waals surface area (Å²) >= 11 is 0. The molecular formula is C23H23N3O3S. The van der Waals surface area contributed by atoms with Crippen molar-refractivity contribution in [2.45, 2.75) is 30.7 Å². The van der Waals surface area contributed by atoms with Crippen molar-refractivity contribution in [1.82, 2.24) is 0 Å². The van der Waals surface area contributed by atoms with E-state index in [1.54, 1.807) is 24.3 Å². The first-order valence-corrected chi connectivity index (χ1v) is 11.3. The summed E-state index contributed by atoms with van der Waals surface area (Å²) in [4.78, 5) is 0.0611. The quantitative estimate of drug-likeness (QED) is 0.652. The van der Waals surface area contributed by atoms with Crippen LogP contribution in [0.5, 0.6) is 5.75 Å². The Balaban J connectivity index is 1.73. The third kappa shape index (κ3) is 4.08. The molecule has 0 saturated carbocycles. The third-order valence-corrected chi connectivity index (χ3v) is 6.24. The van der Waals surface area contributed by atoms with Gasteiger partial charge in [-0.15, -0.1) is 0 Å². The molecule has 0 amide bonds. The first kappa shape index (κ1) is 20.1. The van der Waals surface area contributed by atoms with Crippen LogP contribution in [0, 0.1) is 0 Å². The van der Waals surface area contributed by atoms with Gasteiger partial charge in [0, 0.05) is 6.42 Å². The zero-order chi connectivity index (χ0) is 21.3. The van der Waals surface area contributed by atoms with Gasteiger partial charge in [-0.25, -0.2) is 13.6 Å². The highest BCUT2D eigenvalue weighted by Gasteiger charge is 2.30. The lowest BCUT2D eigenvalue weighted by molar-refractivity contribution is 0.475. The van der Waals surface area contributed by atoms with Crippen LogP contribution in [0.25, 0.3) is 0 Å². The fourth-order valence-corrected chi connectivity index (χ4v) is 4.12. The van der Waals surface area contributed by atoms with E-state index in [0.29, 0.717) is 6.42 Å². The molecule has 0 bridgehead atoms. The van der Waals surface area contributed by atoms with Gasteiger partial charge in [0.2, 0.25) is 10.0 Å². The molecule has 1 heterocycles. The summed E-state index contributed by atoms with van der Waals surface area (Å²) in [5, 5.41) is 21.6. The Hall–Kier alpha value is -3.16. The van der Waals surface area contributed by atoms with Gasteiger partial charge in [-0.05, 0) is 59.5 Å². The van der Waals surface area contributed by atoms with Crippen LogP contribution in [-0.4, -0.2) is 19.2 Å². The van der Waals surface area contributed by atoms with Gasteiger partial charge < -0.3 is 5.11 Å². The molecular weight excluding hydrogens is 398 g/mol. The Bertz CT molecular complexity index is 1170. The van der Waals surface area contributed by atoms with Crippen LogP contribution < -0.4 is 10.1 Å². The van der Waals surface area contributed by atoms with Gasteiger partial charge in [0.15, 0.2) is 0 Å². The van der Waals surface area contributed by atoms with Crippen molar-refractivity contribution in [3.05, 3.63) is 89.5 Å². The highest BCUT2D eigenvalue weighted by Crippen LogP contribution is 2.37. The van der Waals surface area contributed by atoms with Crippen LogP contribution in [0.4, 0.5) is 5.69 Å². The second-order valence-corrected chi connectivity index (χ2v) is 8.85. The lowest BCUT2D eigenvalue weighted by Crippen LogP contribution is -2.19. The van der Waals surface area contributed by atoms with E-state index in [0.717, 1.165) is 28.9 Å². The summed E-state index contributed by atoms with van der Waals surface area (Å²) in [6, 6.07) is 21.8. The molecule has 1 atom stereocenters. The van der Waals surface area contributed by atoms with Crippen molar-refractivity contribution in [1.29, 1.82) is 0 Å². The maximum absolute atomic E-state index is 11.6. The van der Waals surface area contributed by atoms with Crippen molar-refractivity contribution in [3.63, 3.8) is 0 Å². The molecule has 30 heavy (non-hydrogen) atoms. The van der Waals surface area contributed by atoms with Gasteiger partial charge >= 0.3 is 0 Å². The summed E-state index contributed by atoms with van der Waals surface area (Å²) in [6.07, 6.45) is 1.67. The zero-order valence-electron chi connectivity index (χ0n) is 16.6. The summed E-state index contributed by atoms with van der Waals surface area (Å²) in [5.74, 6) is 0.206. The number of aryl methyl sites for hydroxylation is 1. The molecule has 0 aliphatic carbocycles. The maximum atomic E-state index is 11.6. The van der Waals surface area contributed by atoms with E-state index < -0.39 is 10.0 Å².